The molecule has 0 aliphatic carbocycles. The van der Waals surface area contributed by atoms with Crippen molar-refractivity contribution in [3.8, 4) is 0 Å². The predicted molar refractivity (Wildman–Crippen MR) is 41.6 cm³/mol. The van der Waals surface area contributed by atoms with Crippen LogP contribution in [0.1, 0.15) is 5.56 Å². The van der Waals surface area contributed by atoms with E-state index in [0.29, 0.717) is 0 Å². The van der Waals surface area contributed by atoms with Gasteiger partial charge >= 0.3 is 0 Å². The van der Waals surface area contributed by atoms with Gasteiger partial charge in [-0.1, -0.05) is 18.2 Å². The van der Waals surface area contributed by atoms with E-state index in [9.17, 15) is 0 Å². The third-order valence-electron chi connectivity index (χ3n) is 1.64. The number of fused-ring (bicyclic) bond motifs is 1. The lowest BCUT2D eigenvalue weighted by atomic mass is 10.1. The van der Waals surface area contributed by atoms with Crippen molar-refractivity contribution in [3.05, 3.63) is 42.1 Å². The molecule has 10 heavy (non-hydrogen) atoms. The minimum absolute atomic E-state index is 0.934. The molecule has 1 aromatic carbocycles. The van der Waals surface area contributed by atoms with Crippen LogP contribution in [-0.2, 0) is 6.42 Å². The van der Waals surface area contributed by atoms with Crippen molar-refractivity contribution in [1.29, 1.82) is 0 Å². The molecule has 0 amide bonds. The van der Waals surface area contributed by atoms with E-state index in [-0.39, 0.29) is 0 Å². The summed E-state index contributed by atoms with van der Waals surface area (Å²) in [5, 5.41) is 3.13. The van der Waals surface area contributed by atoms with Gasteiger partial charge in [-0.3, -0.25) is 0 Å². The zero-order valence-corrected chi connectivity index (χ0v) is 5.59. The highest BCUT2D eigenvalue weighted by molar-refractivity contribution is 5.54. The molecule has 1 nitrogen and oxygen atoms in total. The number of hydrogen-bond acceptors (Lipinski definition) is 1. The lowest BCUT2D eigenvalue weighted by Gasteiger charge is -2.10. The first kappa shape index (κ1) is 5.54. The van der Waals surface area contributed by atoms with Crippen molar-refractivity contribution in [2.75, 3.05) is 5.32 Å². The van der Waals surface area contributed by atoms with E-state index in [1.807, 2.05) is 18.3 Å². The van der Waals surface area contributed by atoms with Crippen molar-refractivity contribution >= 4 is 5.69 Å². The van der Waals surface area contributed by atoms with E-state index in [1.165, 1.54) is 11.3 Å². The summed E-state index contributed by atoms with van der Waals surface area (Å²) in [7, 11) is 0. The van der Waals surface area contributed by atoms with Crippen LogP contribution in [-0.4, -0.2) is 0 Å². The number of anilines is 1. The molecule has 0 aromatic heterocycles. The number of para-hydroxylation sites is 1. The summed E-state index contributed by atoms with van der Waals surface area (Å²) in [5.74, 6) is 0. The highest BCUT2D eigenvalue weighted by atomic mass is 14.8. The van der Waals surface area contributed by atoms with Gasteiger partial charge in [-0.15, -0.1) is 0 Å². The molecule has 0 bridgehead atoms. The molecule has 1 aliphatic heterocycles. The number of allylic oxidation sites excluding steroid dienone is 1. The highest BCUT2D eigenvalue weighted by Crippen LogP contribution is 2.18. The summed E-state index contributed by atoms with van der Waals surface area (Å²) >= 11 is 0. The standard InChI is InChI=1S/C9H8N/c1-2-6-9-8(4-1)5-3-7-10-9/h1-2,4,6-7,10H,5H2. The fraction of sp³-hybridized carbons (Fsp3) is 0.111. The molecule has 1 aromatic rings. The third kappa shape index (κ3) is 0.798. The van der Waals surface area contributed by atoms with Gasteiger partial charge in [0.15, 0.2) is 0 Å². The number of hydrogen-bond donors (Lipinski definition) is 1. The summed E-state index contributed by atoms with van der Waals surface area (Å²) in [5.41, 5.74) is 2.53. The smallest absolute Gasteiger partial charge is 0.0415 e. The first-order valence-electron chi connectivity index (χ1n) is 3.36. The molecule has 0 atom stereocenters. The second-order valence-corrected chi connectivity index (χ2v) is 2.33. The van der Waals surface area contributed by atoms with Crippen LogP contribution < -0.4 is 5.32 Å². The van der Waals surface area contributed by atoms with E-state index in [0.717, 1.165) is 6.42 Å². The summed E-state index contributed by atoms with van der Waals surface area (Å²) < 4.78 is 0. The monoisotopic (exact) mass is 130 g/mol. The summed E-state index contributed by atoms with van der Waals surface area (Å²) in [6, 6.07) is 8.27. The average Bonchev–Trinajstić information content (AvgIpc) is 2.05. The van der Waals surface area contributed by atoms with Crippen LogP contribution in [0.5, 0.6) is 0 Å². The maximum atomic E-state index is 3.13. The van der Waals surface area contributed by atoms with E-state index in [1.54, 1.807) is 0 Å². The largest absolute Gasteiger partial charge is 0.361 e. The molecule has 1 heteroatoms. The SMILES string of the molecule is [C]1=CNc2ccccc2C1. The van der Waals surface area contributed by atoms with E-state index < -0.39 is 0 Å². The minimum Gasteiger partial charge on any atom is -0.361 e. The maximum absolute atomic E-state index is 3.13. The highest BCUT2D eigenvalue weighted by Gasteiger charge is 2.00. The first-order chi connectivity index (χ1) is 4.97. The Morgan fingerprint density at radius 3 is 3.10 bits per heavy atom. The molecule has 1 heterocycles. The zero-order valence-electron chi connectivity index (χ0n) is 5.59. The van der Waals surface area contributed by atoms with Crippen molar-refractivity contribution in [2.45, 2.75) is 6.42 Å². The lowest BCUT2D eigenvalue weighted by molar-refractivity contribution is 1.19. The molecular formula is C9H8N. The molecular weight excluding hydrogens is 122 g/mol. The van der Waals surface area contributed by atoms with Crippen LogP contribution >= 0.6 is 0 Å². The molecule has 0 spiro atoms. The van der Waals surface area contributed by atoms with Crippen molar-refractivity contribution in [3.63, 3.8) is 0 Å². The molecule has 0 saturated heterocycles. The topological polar surface area (TPSA) is 12.0 Å². The van der Waals surface area contributed by atoms with Gasteiger partial charge in [0.1, 0.15) is 0 Å². The van der Waals surface area contributed by atoms with Gasteiger partial charge in [-0.05, 0) is 17.7 Å². The van der Waals surface area contributed by atoms with Gasteiger partial charge in [0, 0.05) is 18.3 Å². The molecule has 0 unspecified atom stereocenters. The van der Waals surface area contributed by atoms with Crippen molar-refractivity contribution in [2.24, 2.45) is 0 Å². The zero-order chi connectivity index (χ0) is 6.81. The van der Waals surface area contributed by atoms with Crippen LogP contribution in [0.25, 0.3) is 0 Å². The fourth-order valence-corrected chi connectivity index (χ4v) is 1.11. The molecule has 49 valence electrons. The van der Waals surface area contributed by atoms with Crippen LogP contribution in [0.2, 0.25) is 0 Å². The normalized spacial score (nSPS) is 14.0. The Bertz CT molecular complexity index is 236. The Morgan fingerprint density at radius 2 is 2.20 bits per heavy atom. The number of benzene rings is 1. The fourth-order valence-electron chi connectivity index (χ4n) is 1.11. The van der Waals surface area contributed by atoms with E-state index in [4.69, 9.17) is 0 Å². The molecule has 1 aliphatic rings. The van der Waals surface area contributed by atoms with Gasteiger partial charge in [-0.2, -0.15) is 0 Å². The van der Waals surface area contributed by atoms with Gasteiger partial charge in [0.2, 0.25) is 0 Å². The van der Waals surface area contributed by atoms with E-state index in [2.05, 4.69) is 23.5 Å². The van der Waals surface area contributed by atoms with Gasteiger partial charge in [0.05, 0.1) is 0 Å². The molecule has 2 rings (SSSR count). The summed E-state index contributed by atoms with van der Waals surface area (Å²) in [6.45, 7) is 0. The maximum Gasteiger partial charge on any atom is 0.0415 e. The number of rotatable bonds is 0. The van der Waals surface area contributed by atoms with Crippen molar-refractivity contribution in [1.82, 2.24) is 0 Å². The summed E-state index contributed by atoms with van der Waals surface area (Å²) in [4.78, 5) is 0. The Hall–Kier alpha value is -1.24. The second kappa shape index (κ2) is 2.18. The Morgan fingerprint density at radius 1 is 1.30 bits per heavy atom. The Labute approximate surface area is 60.4 Å². The molecule has 0 fully saturated rings. The number of nitrogens with one attached hydrogen (secondary N) is 1. The van der Waals surface area contributed by atoms with Gasteiger partial charge in [-0.25, -0.2) is 0 Å². The quantitative estimate of drug-likeness (QED) is 0.566. The van der Waals surface area contributed by atoms with Crippen LogP contribution in [0, 0.1) is 6.08 Å². The Kier molecular flexibility index (Phi) is 1.21. The van der Waals surface area contributed by atoms with Crippen LogP contribution in [0.4, 0.5) is 5.69 Å². The molecule has 0 saturated carbocycles. The van der Waals surface area contributed by atoms with E-state index >= 15 is 0 Å². The Balaban J connectivity index is 2.47. The summed E-state index contributed by atoms with van der Waals surface area (Å²) in [6.07, 6.45) is 5.90. The second-order valence-electron chi connectivity index (χ2n) is 2.33. The molecule has 1 N–H and O–H groups in total. The van der Waals surface area contributed by atoms with Crippen LogP contribution in [0.15, 0.2) is 30.5 Å². The van der Waals surface area contributed by atoms with Crippen LogP contribution in [0.3, 0.4) is 0 Å². The minimum atomic E-state index is 0.934. The van der Waals surface area contributed by atoms with Gasteiger partial charge < -0.3 is 5.32 Å². The van der Waals surface area contributed by atoms with Crippen molar-refractivity contribution < 1.29 is 0 Å². The van der Waals surface area contributed by atoms with Gasteiger partial charge in [0.25, 0.3) is 0 Å². The average molecular weight is 130 g/mol. The lowest BCUT2D eigenvalue weighted by Crippen LogP contribution is -1.98. The predicted octanol–water partition coefficient (Wildman–Crippen LogP) is 1.97. The third-order valence-corrected chi connectivity index (χ3v) is 1.64. The molecule has 1 radical (unpaired) electrons. The first-order valence-corrected chi connectivity index (χ1v) is 3.36.